The summed E-state index contributed by atoms with van der Waals surface area (Å²) in [5.74, 6) is -0.0426. The summed E-state index contributed by atoms with van der Waals surface area (Å²) in [7, 11) is 1.70. The molecule has 6 nitrogen and oxygen atoms in total. The normalized spacial score (nSPS) is 13.9. The van der Waals surface area contributed by atoms with Crippen molar-refractivity contribution in [2.75, 3.05) is 25.2 Å². The lowest BCUT2D eigenvalue weighted by Gasteiger charge is -2.29. The van der Waals surface area contributed by atoms with Crippen LogP contribution >= 0.6 is 0 Å². The van der Waals surface area contributed by atoms with Gasteiger partial charge in [-0.05, 0) is 76.1 Å². The third-order valence-corrected chi connectivity index (χ3v) is 7.06. The van der Waals surface area contributed by atoms with E-state index in [1.54, 1.807) is 7.11 Å². The Kier molecular flexibility index (Phi) is 9.69. The van der Waals surface area contributed by atoms with Gasteiger partial charge in [-0.3, -0.25) is 9.59 Å². The molecule has 1 heterocycles. The van der Waals surface area contributed by atoms with E-state index in [0.717, 1.165) is 24.9 Å². The highest BCUT2D eigenvalue weighted by molar-refractivity contribution is 5.94. The molecule has 36 heavy (non-hydrogen) atoms. The molecule has 0 saturated carbocycles. The number of fused-ring (bicyclic) bond motifs is 2. The number of carbonyl (C=O) groups is 2. The van der Waals surface area contributed by atoms with Gasteiger partial charge < -0.3 is 19.7 Å². The largest absolute Gasteiger partial charge is 0.379 e. The Labute approximate surface area is 216 Å². The first kappa shape index (κ1) is 27.9. The molecule has 0 aliphatic carbocycles. The van der Waals surface area contributed by atoms with Crippen molar-refractivity contribution in [2.24, 2.45) is 0 Å². The lowest BCUT2D eigenvalue weighted by Crippen LogP contribution is -2.36. The van der Waals surface area contributed by atoms with Crippen LogP contribution < -0.4 is 10.2 Å². The fourth-order valence-corrected chi connectivity index (χ4v) is 4.38. The summed E-state index contributed by atoms with van der Waals surface area (Å²) in [5.41, 5.74) is 3.99. The van der Waals surface area contributed by atoms with E-state index in [-0.39, 0.29) is 23.8 Å². The Bertz CT molecular complexity index is 1030. The highest BCUT2D eigenvalue weighted by Gasteiger charge is 2.24. The molecule has 0 unspecified atom stereocenters. The van der Waals surface area contributed by atoms with Crippen LogP contribution in [0.3, 0.4) is 0 Å². The SMILES string of the molecule is COC(C)(C)CCOC(C)(C)CCC(=O)NCCC(=O)N1Cc2ccccc2CCc2ccccc21. The molecule has 3 rings (SSSR count). The first-order valence-corrected chi connectivity index (χ1v) is 13.0. The number of methoxy groups -OCH3 is 1. The van der Waals surface area contributed by atoms with E-state index >= 15 is 0 Å². The van der Waals surface area contributed by atoms with Crippen LogP contribution in [-0.4, -0.2) is 43.3 Å². The number of carbonyl (C=O) groups excluding carboxylic acids is 2. The van der Waals surface area contributed by atoms with Gasteiger partial charge in [-0.1, -0.05) is 42.5 Å². The van der Waals surface area contributed by atoms with Crippen LogP contribution in [0.5, 0.6) is 0 Å². The monoisotopic (exact) mass is 494 g/mol. The molecule has 2 aromatic rings. The Balaban J connectivity index is 1.50. The zero-order chi connectivity index (χ0) is 26.2. The molecule has 0 atom stereocenters. The maximum absolute atomic E-state index is 13.3. The third kappa shape index (κ3) is 8.17. The predicted molar refractivity (Wildman–Crippen MR) is 144 cm³/mol. The van der Waals surface area contributed by atoms with Gasteiger partial charge >= 0.3 is 0 Å². The molecule has 0 bridgehead atoms. The number of nitrogens with one attached hydrogen (secondary N) is 1. The van der Waals surface area contributed by atoms with Crippen molar-refractivity contribution in [3.05, 3.63) is 65.2 Å². The van der Waals surface area contributed by atoms with Gasteiger partial charge in [0.05, 0.1) is 24.4 Å². The van der Waals surface area contributed by atoms with Crippen LogP contribution in [0.25, 0.3) is 0 Å². The Morgan fingerprint density at radius 3 is 2.22 bits per heavy atom. The van der Waals surface area contributed by atoms with Crippen molar-refractivity contribution in [2.45, 2.75) is 84.0 Å². The number of benzene rings is 2. The van der Waals surface area contributed by atoms with E-state index in [4.69, 9.17) is 9.47 Å². The lowest BCUT2D eigenvalue weighted by molar-refractivity contribution is -0.123. The highest BCUT2D eigenvalue weighted by Crippen LogP contribution is 2.29. The zero-order valence-corrected chi connectivity index (χ0v) is 22.6. The second-order valence-electron chi connectivity index (χ2n) is 10.8. The van der Waals surface area contributed by atoms with Gasteiger partial charge in [-0.2, -0.15) is 0 Å². The molecule has 6 heteroatoms. The number of nitrogens with zero attached hydrogens (tertiary/aromatic N) is 1. The summed E-state index contributed by atoms with van der Waals surface area (Å²) in [4.78, 5) is 27.7. The van der Waals surface area contributed by atoms with E-state index in [0.29, 0.717) is 32.5 Å². The second-order valence-corrected chi connectivity index (χ2v) is 10.8. The van der Waals surface area contributed by atoms with Crippen LogP contribution in [0, 0.1) is 0 Å². The minimum absolute atomic E-state index is 0.0175. The fraction of sp³-hybridized carbons (Fsp3) is 0.533. The van der Waals surface area contributed by atoms with Gasteiger partial charge in [0.25, 0.3) is 0 Å². The van der Waals surface area contributed by atoms with Crippen LogP contribution in [-0.2, 0) is 38.4 Å². The molecular weight excluding hydrogens is 452 g/mol. The maximum Gasteiger partial charge on any atom is 0.229 e. The molecule has 1 N–H and O–H groups in total. The predicted octanol–water partition coefficient (Wildman–Crippen LogP) is 5.22. The Morgan fingerprint density at radius 2 is 1.50 bits per heavy atom. The summed E-state index contributed by atoms with van der Waals surface area (Å²) >= 11 is 0. The summed E-state index contributed by atoms with van der Waals surface area (Å²) in [5, 5.41) is 2.92. The van der Waals surface area contributed by atoms with Gasteiger partial charge in [-0.15, -0.1) is 0 Å². The van der Waals surface area contributed by atoms with Gasteiger partial charge in [0.2, 0.25) is 11.8 Å². The topological polar surface area (TPSA) is 67.9 Å². The third-order valence-electron chi connectivity index (χ3n) is 7.06. The minimum atomic E-state index is -0.404. The maximum atomic E-state index is 13.3. The van der Waals surface area contributed by atoms with Gasteiger partial charge in [-0.25, -0.2) is 0 Å². The standard InChI is InChI=1S/C30H42N2O4/c1-29(2,35-5)19-21-36-30(3,4)18-16-27(33)31-20-17-28(34)32-22-25-12-7-6-10-23(25)14-15-24-11-8-9-13-26(24)32/h6-13H,14-22H2,1-5H3,(H,31,33). The number of anilines is 1. The molecule has 2 aromatic carbocycles. The van der Waals surface area contributed by atoms with E-state index in [2.05, 4.69) is 29.6 Å². The number of hydrogen-bond donors (Lipinski definition) is 1. The van der Waals surface area contributed by atoms with Crippen molar-refractivity contribution in [1.82, 2.24) is 5.32 Å². The van der Waals surface area contributed by atoms with E-state index in [1.165, 1.54) is 16.7 Å². The van der Waals surface area contributed by atoms with Crippen molar-refractivity contribution in [3.63, 3.8) is 0 Å². The molecule has 0 spiro atoms. The molecule has 196 valence electrons. The molecule has 0 saturated heterocycles. The Morgan fingerprint density at radius 1 is 0.861 bits per heavy atom. The first-order chi connectivity index (χ1) is 17.1. The van der Waals surface area contributed by atoms with Crippen LogP contribution in [0.15, 0.2) is 48.5 Å². The number of para-hydroxylation sites is 1. The summed E-state index contributed by atoms with van der Waals surface area (Å²) in [6.07, 6.45) is 3.87. The number of rotatable bonds is 11. The van der Waals surface area contributed by atoms with E-state index in [1.807, 2.05) is 56.9 Å². The number of amides is 2. The van der Waals surface area contributed by atoms with Crippen molar-refractivity contribution in [1.29, 1.82) is 0 Å². The molecule has 0 fully saturated rings. The van der Waals surface area contributed by atoms with E-state index < -0.39 is 5.60 Å². The van der Waals surface area contributed by atoms with Gasteiger partial charge in [0.1, 0.15) is 0 Å². The Hall–Kier alpha value is -2.70. The van der Waals surface area contributed by atoms with Crippen LogP contribution in [0.1, 0.15) is 70.1 Å². The van der Waals surface area contributed by atoms with Crippen molar-refractivity contribution in [3.8, 4) is 0 Å². The van der Waals surface area contributed by atoms with Crippen molar-refractivity contribution >= 4 is 17.5 Å². The number of hydrogen-bond acceptors (Lipinski definition) is 4. The molecular formula is C30H42N2O4. The summed E-state index contributed by atoms with van der Waals surface area (Å²) in [6.45, 7) is 9.50. The second kappa shape index (κ2) is 12.5. The fourth-order valence-electron chi connectivity index (χ4n) is 4.38. The zero-order valence-electron chi connectivity index (χ0n) is 22.6. The molecule has 1 aliphatic heterocycles. The van der Waals surface area contributed by atoms with Gasteiger partial charge in [0, 0.05) is 32.2 Å². The molecule has 1 aliphatic rings. The average molecular weight is 495 g/mol. The smallest absolute Gasteiger partial charge is 0.229 e. The van der Waals surface area contributed by atoms with E-state index in [9.17, 15) is 9.59 Å². The molecule has 2 amide bonds. The minimum Gasteiger partial charge on any atom is -0.379 e. The molecule has 0 radical (unpaired) electrons. The number of aryl methyl sites for hydroxylation is 2. The van der Waals surface area contributed by atoms with Crippen molar-refractivity contribution < 1.29 is 19.1 Å². The highest BCUT2D eigenvalue weighted by atomic mass is 16.5. The summed E-state index contributed by atoms with van der Waals surface area (Å²) in [6, 6.07) is 16.5. The lowest BCUT2D eigenvalue weighted by atomic mass is 9.95. The summed E-state index contributed by atoms with van der Waals surface area (Å²) < 4.78 is 11.4. The number of ether oxygens (including phenoxy) is 2. The first-order valence-electron chi connectivity index (χ1n) is 13.0. The molecule has 0 aromatic heterocycles. The van der Waals surface area contributed by atoms with Gasteiger partial charge in [0.15, 0.2) is 0 Å². The quantitative estimate of drug-likeness (QED) is 0.465. The van der Waals surface area contributed by atoms with Crippen LogP contribution in [0.4, 0.5) is 5.69 Å². The average Bonchev–Trinajstić information content (AvgIpc) is 2.84. The van der Waals surface area contributed by atoms with Crippen LogP contribution in [0.2, 0.25) is 0 Å².